The summed E-state index contributed by atoms with van der Waals surface area (Å²) in [6.45, 7) is 7.47. The maximum Gasteiger partial charge on any atom is 0.0674 e. The van der Waals surface area contributed by atoms with Gasteiger partial charge in [0.05, 0.1) is 12.7 Å². The van der Waals surface area contributed by atoms with Gasteiger partial charge >= 0.3 is 0 Å². The molecule has 88 valence electrons. The number of hydrogen-bond acceptors (Lipinski definition) is 2. The van der Waals surface area contributed by atoms with Crippen LogP contribution in [0.25, 0.3) is 0 Å². The Labute approximate surface area is 98.2 Å². The molecule has 1 aromatic carbocycles. The lowest BCUT2D eigenvalue weighted by Gasteiger charge is -2.36. The van der Waals surface area contributed by atoms with Crippen molar-refractivity contribution >= 4 is 0 Å². The van der Waals surface area contributed by atoms with E-state index in [0.717, 1.165) is 26.1 Å². The van der Waals surface area contributed by atoms with Gasteiger partial charge in [0.15, 0.2) is 0 Å². The third-order valence-electron chi connectivity index (χ3n) is 3.27. The molecule has 0 radical (unpaired) electrons. The summed E-state index contributed by atoms with van der Waals surface area (Å²) in [5, 5.41) is 0. The van der Waals surface area contributed by atoms with E-state index >= 15 is 0 Å². The summed E-state index contributed by atoms with van der Waals surface area (Å²) in [5.41, 5.74) is 1.42. The molecule has 2 rings (SSSR count). The smallest absolute Gasteiger partial charge is 0.0674 e. The van der Waals surface area contributed by atoms with E-state index in [9.17, 15) is 0 Å². The van der Waals surface area contributed by atoms with Crippen molar-refractivity contribution in [3.63, 3.8) is 0 Å². The van der Waals surface area contributed by atoms with Crippen molar-refractivity contribution in [2.24, 2.45) is 0 Å². The number of nitrogens with zero attached hydrogens (tertiary/aromatic N) is 1. The van der Waals surface area contributed by atoms with Gasteiger partial charge in [0.25, 0.3) is 0 Å². The monoisotopic (exact) mass is 219 g/mol. The zero-order chi connectivity index (χ0) is 11.4. The largest absolute Gasteiger partial charge is 0.376 e. The molecule has 1 saturated heterocycles. The molecule has 0 N–H and O–H groups in total. The lowest BCUT2D eigenvalue weighted by atomic mass is 10.1. The predicted octanol–water partition coefficient (Wildman–Crippen LogP) is 2.34. The second-order valence-electron chi connectivity index (χ2n) is 4.72. The summed E-state index contributed by atoms with van der Waals surface area (Å²) in [4.78, 5) is 2.53. The third-order valence-corrected chi connectivity index (χ3v) is 3.27. The fourth-order valence-electron chi connectivity index (χ4n) is 2.20. The molecule has 2 unspecified atom stereocenters. The van der Waals surface area contributed by atoms with Gasteiger partial charge in [-0.25, -0.2) is 0 Å². The van der Waals surface area contributed by atoms with Crippen molar-refractivity contribution in [1.29, 1.82) is 0 Å². The topological polar surface area (TPSA) is 12.5 Å². The molecule has 2 nitrogen and oxygen atoms in total. The number of morpholine rings is 1. The van der Waals surface area contributed by atoms with Crippen LogP contribution in [0.1, 0.15) is 19.4 Å². The Kier molecular flexibility index (Phi) is 3.97. The van der Waals surface area contributed by atoms with Crippen molar-refractivity contribution < 1.29 is 4.74 Å². The first-order valence-electron chi connectivity index (χ1n) is 6.15. The molecule has 1 aromatic rings. The van der Waals surface area contributed by atoms with Crippen LogP contribution in [0, 0.1) is 0 Å². The molecule has 0 aliphatic carbocycles. The summed E-state index contributed by atoms with van der Waals surface area (Å²) in [6.07, 6.45) is 1.52. The molecule has 1 aliphatic rings. The van der Waals surface area contributed by atoms with E-state index in [1.165, 1.54) is 5.56 Å². The summed E-state index contributed by atoms with van der Waals surface area (Å²) in [6, 6.07) is 11.3. The summed E-state index contributed by atoms with van der Waals surface area (Å²) in [5.74, 6) is 0. The Morgan fingerprint density at radius 2 is 2.00 bits per heavy atom. The number of benzene rings is 1. The van der Waals surface area contributed by atoms with Gasteiger partial charge in [-0.05, 0) is 25.8 Å². The maximum atomic E-state index is 5.63. The highest BCUT2D eigenvalue weighted by molar-refractivity contribution is 5.14. The highest BCUT2D eigenvalue weighted by Crippen LogP contribution is 2.12. The Bertz CT molecular complexity index is 312. The second kappa shape index (κ2) is 5.46. The Balaban J connectivity index is 1.85. The molecule has 2 heteroatoms. The average molecular weight is 219 g/mol. The fourth-order valence-corrected chi connectivity index (χ4v) is 2.20. The normalized spacial score (nSPS) is 26.9. The third kappa shape index (κ3) is 3.06. The van der Waals surface area contributed by atoms with Gasteiger partial charge in [0.1, 0.15) is 0 Å². The molecule has 16 heavy (non-hydrogen) atoms. The van der Waals surface area contributed by atoms with Gasteiger partial charge in [0.2, 0.25) is 0 Å². The fraction of sp³-hybridized carbons (Fsp3) is 0.571. The summed E-state index contributed by atoms with van der Waals surface area (Å²) >= 11 is 0. The van der Waals surface area contributed by atoms with Crippen LogP contribution in [0.4, 0.5) is 0 Å². The lowest BCUT2D eigenvalue weighted by Crippen LogP contribution is -2.47. The predicted molar refractivity (Wildman–Crippen MR) is 66.6 cm³/mol. The molecular formula is C14H21NO. The van der Waals surface area contributed by atoms with Gasteiger partial charge in [-0.2, -0.15) is 0 Å². The molecule has 0 bridgehead atoms. The molecule has 0 amide bonds. The van der Waals surface area contributed by atoms with Crippen LogP contribution in [0.2, 0.25) is 0 Å². The minimum Gasteiger partial charge on any atom is -0.376 e. The molecular weight excluding hydrogens is 198 g/mol. The van der Waals surface area contributed by atoms with E-state index < -0.39 is 0 Å². The van der Waals surface area contributed by atoms with Crippen LogP contribution >= 0.6 is 0 Å². The highest BCUT2D eigenvalue weighted by atomic mass is 16.5. The highest BCUT2D eigenvalue weighted by Gasteiger charge is 2.22. The van der Waals surface area contributed by atoms with Crippen LogP contribution in [-0.2, 0) is 11.2 Å². The van der Waals surface area contributed by atoms with Crippen molar-refractivity contribution in [3.8, 4) is 0 Å². The minimum absolute atomic E-state index is 0.381. The first-order chi connectivity index (χ1) is 7.75. The van der Waals surface area contributed by atoms with E-state index in [1.807, 2.05) is 0 Å². The molecule has 0 aromatic heterocycles. The van der Waals surface area contributed by atoms with Gasteiger partial charge in [0, 0.05) is 19.1 Å². The first kappa shape index (κ1) is 11.6. The number of ether oxygens (including phenoxy) is 1. The number of hydrogen-bond donors (Lipinski definition) is 0. The van der Waals surface area contributed by atoms with E-state index in [2.05, 4.69) is 49.1 Å². The van der Waals surface area contributed by atoms with Crippen LogP contribution in [0.5, 0.6) is 0 Å². The standard InChI is InChI=1S/C14H21NO/c1-12-11-16-13(2)10-15(12)9-8-14-6-4-3-5-7-14/h3-7,12-13H,8-11H2,1-2H3. The zero-order valence-corrected chi connectivity index (χ0v) is 10.2. The Morgan fingerprint density at radius 1 is 1.25 bits per heavy atom. The second-order valence-corrected chi connectivity index (χ2v) is 4.72. The summed E-state index contributed by atoms with van der Waals surface area (Å²) in [7, 11) is 0. The summed E-state index contributed by atoms with van der Waals surface area (Å²) < 4.78 is 5.63. The molecule has 1 fully saturated rings. The van der Waals surface area contributed by atoms with E-state index in [1.54, 1.807) is 0 Å². The molecule has 1 aliphatic heterocycles. The van der Waals surface area contributed by atoms with Crippen LogP contribution < -0.4 is 0 Å². The SMILES string of the molecule is CC1CN(CCc2ccccc2)C(C)CO1. The molecule has 0 saturated carbocycles. The first-order valence-corrected chi connectivity index (χ1v) is 6.15. The van der Waals surface area contributed by atoms with E-state index in [0.29, 0.717) is 12.1 Å². The van der Waals surface area contributed by atoms with Crippen LogP contribution in [-0.4, -0.2) is 36.7 Å². The minimum atomic E-state index is 0.381. The molecule has 2 atom stereocenters. The molecule has 1 heterocycles. The van der Waals surface area contributed by atoms with Crippen LogP contribution in [0.15, 0.2) is 30.3 Å². The van der Waals surface area contributed by atoms with Gasteiger partial charge in [-0.15, -0.1) is 0 Å². The van der Waals surface area contributed by atoms with Crippen molar-refractivity contribution in [2.75, 3.05) is 19.7 Å². The van der Waals surface area contributed by atoms with E-state index in [4.69, 9.17) is 4.74 Å². The van der Waals surface area contributed by atoms with Crippen molar-refractivity contribution in [2.45, 2.75) is 32.4 Å². The maximum absolute atomic E-state index is 5.63. The number of rotatable bonds is 3. The van der Waals surface area contributed by atoms with Crippen molar-refractivity contribution in [1.82, 2.24) is 4.90 Å². The van der Waals surface area contributed by atoms with Crippen molar-refractivity contribution in [3.05, 3.63) is 35.9 Å². The van der Waals surface area contributed by atoms with E-state index in [-0.39, 0.29) is 0 Å². The van der Waals surface area contributed by atoms with Crippen LogP contribution in [0.3, 0.4) is 0 Å². The van der Waals surface area contributed by atoms with Gasteiger partial charge in [-0.1, -0.05) is 30.3 Å². The average Bonchev–Trinajstić information content (AvgIpc) is 2.32. The van der Waals surface area contributed by atoms with Gasteiger partial charge < -0.3 is 4.74 Å². The Hall–Kier alpha value is -0.860. The lowest BCUT2D eigenvalue weighted by molar-refractivity contribution is -0.0487. The van der Waals surface area contributed by atoms with Gasteiger partial charge in [-0.3, -0.25) is 4.90 Å². The quantitative estimate of drug-likeness (QED) is 0.773. The zero-order valence-electron chi connectivity index (χ0n) is 10.2. The Morgan fingerprint density at radius 3 is 2.75 bits per heavy atom. The molecule has 0 spiro atoms.